The maximum Gasteiger partial charge on any atom is 0.318 e. The maximum atomic E-state index is 11.6. The van der Waals surface area contributed by atoms with Crippen molar-refractivity contribution in [2.24, 2.45) is 0 Å². The third-order valence-corrected chi connectivity index (χ3v) is 2.23. The van der Waals surface area contributed by atoms with Gasteiger partial charge in [0.15, 0.2) is 5.82 Å². The standard InChI is InChI=1S/C11H18N2O3/c1-4-7-9-12-10(16-13-9)8(5-2)11(14)15-6-3/h8H,4-7H2,1-3H3. The first-order chi connectivity index (χ1) is 7.72. The number of nitrogens with zero attached hydrogens (tertiary/aromatic N) is 2. The first kappa shape index (κ1) is 12.7. The lowest BCUT2D eigenvalue weighted by molar-refractivity contribution is -0.145. The number of rotatable bonds is 6. The van der Waals surface area contributed by atoms with Gasteiger partial charge in [-0.15, -0.1) is 0 Å². The summed E-state index contributed by atoms with van der Waals surface area (Å²) in [6.45, 7) is 6.08. The second kappa shape index (κ2) is 6.25. The van der Waals surface area contributed by atoms with Crippen LogP contribution in [0.15, 0.2) is 4.52 Å². The van der Waals surface area contributed by atoms with Gasteiger partial charge in [0.05, 0.1) is 6.61 Å². The van der Waals surface area contributed by atoms with Crippen LogP contribution in [0.1, 0.15) is 51.2 Å². The average Bonchev–Trinajstić information content (AvgIpc) is 2.68. The van der Waals surface area contributed by atoms with Crippen molar-refractivity contribution in [1.29, 1.82) is 0 Å². The van der Waals surface area contributed by atoms with Crippen LogP contribution in [0.25, 0.3) is 0 Å². The second-order valence-electron chi connectivity index (χ2n) is 3.51. The number of hydrogen-bond acceptors (Lipinski definition) is 5. The van der Waals surface area contributed by atoms with Gasteiger partial charge in [-0.2, -0.15) is 4.98 Å². The molecule has 0 spiro atoms. The lowest BCUT2D eigenvalue weighted by atomic mass is 10.1. The zero-order valence-electron chi connectivity index (χ0n) is 10.0. The number of esters is 1. The Kier molecular flexibility index (Phi) is 4.95. The Bertz CT molecular complexity index is 336. The Hall–Kier alpha value is -1.39. The predicted molar refractivity (Wildman–Crippen MR) is 58.0 cm³/mol. The topological polar surface area (TPSA) is 65.2 Å². The van der Waals surface area contributed by atoms with Crippen molar-refractivity contribution in [3.63, 3.8) is 0 Å². The van der Waals surface area contributed by atoms with Crippen LogP contribution in [0.5, 0.6) is 0 Å². The van der Waals surface area contributed by atoms with Gasteiger partial charge < -0.3 is 9.26 Å². The van der Waals surface area contributed by atoms with Crippen LogP contribution in [0.3, 0.4) is 0 Å². The van der Waals surface area contributed by atoms with Gasteiger partial charge in [0.2, 0.25) is 5.89 Å². The van der Waals surface area contributed by atoms with Crippen molar-refractivity contribution in [1.82, 2.24) is 10.1 Å². The molecule has 1 heterocycles. The Morgan fingerprint density at radius 1 is 1.44 bits per heavy atom. The fourth-order valence-corrected chi connectivity index (χ4v) is 1.42. The van der Waals surface area contributed by atoms with Gasteiger partial charge in [0, 0.05) is 6.42 Å². The Labute approximate surface area is 95.2 Å². The minimum atomic E-state index is -0.432. The van der Waals surface area contributed by atoms with Gasteiger partial charge >= 0.3 is 5.97 Å². The van der Waals surface area contributed by atoms with Gasteiger partial charge in [0.1, 0.15) is 5.92 Å². The summed E-state index contributed by atoms with van der Waals surface area (Å²) in [5.74, 6) is 0.291. The van der Waals surface area contributed by atoms with Crippen LogP contribution in [-0.2, 0) is 16.0 Å². The minimum absolute atomic E-state index is 0.295. The third kappa shape index (κ3) is 3.05. The zero-order chi connectivity index (χ0) is 12.0. The molecular weight excluding hydrogens is 208 g/mol. The number of ether oxygens (including phenoxy) is 1. The highest BCUT2D eigenvalue weighted by Crippen LogP contribution is 2.19. The molecule has 5 nitrogen and oxygen atoms in total. The lowest BCUT2D eigenvalue weighted by Crippen LogP contribution is -2.15. The third-order valence-electron chi connectivity index (χ3n) is 2.23. The fraction of sp³-hybridized carbons (Fsp3) is 0.727. The molecule has 1 atom stereocenters. The van der Waals surface area contributed by atoms with Crippen molar-refractivity contribution < 1.29 is 14.1 Å². The van der Waals surface area contributed by atoms with E-state index in [9.17, 15) is 4.79 Å². The number of aryl methyl sites for hydroxylation is 1. The van der Waals surface area contributed by atoms with E-state index >= 15 is 0 Å². The Morgan fingerprint density at radius 3 is 2.75 bits per heavy atom. The van der Waals surface area contributed by atoms with Gasteiger partial charge in [-0.25, -0.2) is 0 Å². The SMILES string of the molecule is CCCc1noc(C(CC)C(=O)OCC)n1. The molecule has 16 heavy (non-hydrogen) atoms. The molecule has 0 N–H and O–H groups in total. The van der Waals surface area contributed by atoms with E-state index in [1.54, 1.807) is 6.92 Å². The highest BCUT2D eigenvalue weighted by atomic mass is 16.5. The molecule has 0 fully saturated rings. The fourth-order valence-electron chi connectivity index (χ4n) is 1.42. The molecule has 1 aromatic heterocycles. The quantitative estimate of drug-likeness (QED) is 0.695. The smallest absolute Gasteiger partial charge is 0.318 e. The van der Waals surface area contributed by atoms with Gasteiger partial charge in [-0.3, -0.25) is 4.79 Å². The summed E-state index contributed by atoms with van der Waals surface area (Å²) in [6, 6.07) is 0. The van der Waals surface area contributed by atoms with Crippen LogP contribution in [-0.4, -0.2) is 22.7 Å². The van der Waals surface area contributed by atoms with E-state index < -0.39 is 5.92 Å². The largest absolute Gasteiger partial charge is 0.465 e. The summed E-state index contributed by atoms with van der Waals surface area (Å²) in [5, 5.41) is 3.82. The van der Waals surface area contributed by atoms with E-state index in [1.807, 2.05) is 13.8 Å². The van der Waals surface area contributed by atoms with Crippen LogP contribution in [0.2, 0.25) is 0 Å². The maximum absolute atomic E-state index is 11.6. The van der Waals surface area contributed by atoms with Crippen LogP contribution in [0, 0.1) is 0 Å². The molecule has 0 aromatic carbocycles. The van der Waals surface area contributed by atoms with E-state index in [1.165, 1.54) is 0 Å². The number of carbonyl (C=O) groups is 1. The van der Waals surface area contributed by atoms with Crippen molar-refractivity contribution in [3.8, 4) is 0 Å². The van der Waals surface area contributed by atoms with Crippen LogP contribution >= 0.6 is 0 Å². The molecule has 1 unspecified atom stereocenters. The summed E-state index contributed by atoms with van der Waals surface area (Å²) >= 11 is 0. The van der Waals surface area contributed by atoms with Crippen molar-refractivity contribution in [3.05, 3.63) is 11.7 Å². The molecule has 0 saturated carbocycles. The molecule has 1 aromatic rings. The summed E-state index contributed by atoms with van der Waals surface area (Å²) in [4.78, 5) is 15.8. The van der Waals surface area contributed by atoms with Crippen molar-refractivity contribution in [2.75, 3.05) is 6.61 Å². The van der Waals surface area contributed by atoms with E-state index in [0.29, 0.717) is 24.7 Å². The Balaban J connectivity index is 2.74. The van der Waals surface area contributed by atoms with E-state index in [4.69, 9.17) is 9.26 Å². The van der Waals surface area contributed by atoms with Gasteiger partial charge in [-0.05, 0) is 19.8 Å². The molecule has 0 amide bonds. The van der Waals surface area contributed by atoms with Gasteiger partial charge in [0.25, 0.3) is 0 Å². The molecular formula is C11H18N2O3. The van der Waals surface area contributed by atoms with Crippen LogP contribution in [0.4, 0.5) is 0 Å². The monoisotopic (exact) mass is 226 g/mol. The van der Waals surface area contributed by atoms with E-state index in [0.717, 1.165) is 12.8 Å². The van der Waals surface area contributed by atoms with Crippen molar-refractivity contribution in [2.45, 2.75) is 46.0 Å². The Morgan fingerprint density at radius 2 is 2.19 bits per heavy atom. The normalized spacial score (nSPS) is 12.4. The second-order valence-corrected chi connectivity index (χ2v) is 3.51. The van der Waals surface area contributed by atoms with E-state index in [2.05, 4.69) is 10.1 Å². The molecule has 0 saturated heterocycles. The molecule has 0 radical (unpaired) electrons. The lowest BCUT2D eigenvalue weighted by Gasteiger charge is -2.08. The molecule has 0 bridgehead atoms. The molecule has 0 aliphatic heterocycles. The highest BCUT2D eigenvalue weighted by Gasteiger charge is 2.25. The summed E-state index contributed by atoms with van der Waals surface area (Å²) in [7, 11) is 0. The van der Waals surface area contributed by atoms with Crippen molar-refractivity contribution >= 4 is 5.97 Å². The summed E-state index contributed by atoms with van der Waals surface area (Å²) in [6.07, 6.45) is 2.32. The molecule has 1 rings (SSSR count). The van der Waals surface area contributed by atoms with Crippen LogP contribution < -0.4 is 0 Å². The summed E-state index contributed by atoms with van der Waals surface area (Å²) < 4.78 is 10.0. The average molecular weight is 226 g/mol. The van der Waals surface area contributed by atoms with E-state index in [-0.39, 0.29) is 5.97 Å². The minimum Gasteiger partial charge on any atom is -0.465 e. The number of hydrogen-bond donors (Lipinski definition) is 0. The first-order valence-electron chi connectivity index (χ1n) is 5.71. The summed E-state index contributed by atoms with van der Waals surface area (Å²) in [5.41, 5.74) is 0. The van der Waals surface area contributed by atoms with Gasteiger partial charge in [-0.1, -0.05) is 19.0 Å². The number of carbonyl (C=O) groups excluding carboxylic acids is 1. The molecule has 0 aliphatic rings. The molecule has 0 aliphatic carbocycles. The predicted octanol–water partition coefficient (Wildman–Crippen LogP) is 2.08. The first-order valence-corrected chi connectivity index (χ1v) is 5.71. The molecule has 90 valence electrons. The highest BCUT2D eigenvalue weighted by molar-refractivity contribution is 5.76. The number of aromatic nitrogens is 2. The zero-order valence-corrected chi connectivity index (χ0v) is 10.0. The molecule has 5 heteroatoms.